The molecule has 0 aliphatic carbocycles. The van der Waals surface area contributed by atoms with E-state index in [1.807, 2.05) is 48.5 Å². The Morgan fingerprint density at radius 1 is 0.794 bits per heavy atom. The molecule has 0 radical (unpaired) electrons. The number of imidazole rings is 1. The van der Waals surface area contributed by atoms with Crippen molar-refractivity contribution in [2.24, 2.45) is 0 Å². The second-order valence-corrected chi connectivity index (χ2v) is 10.7. The fourth-order valence-corrected chi connectivity index (χ4v) is 6.04. The lowest BCUT2D eigenvalue weighted by molar-refractivity contribution is 0.381. The summed E-state index contributed by atoms with van der Waals surface area (Å²) in [6, 6.07) is 25.9. The van der Waals surface area contributed by atoms with E-state index in [1.54, 1.807) is 16.4 Å². The van der Waals surface area contributed by atoms with Crippen LogP contribution in [0.15, 0.2) is 83.8 Å². The van der Waals surface area contributed by atoms with Gasteiger partial charge in [0.15, 0.2) is 0 Å². The molecule has 1 saturated heterocycles. The van der Waals surface area contributed by atoms with E-state index >= 15 is 0 Å². The van der Waals surface area contributed by atoms with Gasteiger partial charge in [-0.15, -0.1) is 0 Å². The molecule has 5 rings (SSSR count). The zero-order chi connectivity index (χ0) is 23.5. The van der Waals surface area contributed by atoms with Crippen LogP contribution >= 0.6 is 0 Å². The lowest BCUT2D eigenvalue weighted by Crippen LogP contribution is -2.49. The third-order valence-corrected chi connectivity index (χ3v) is 8.35. The van der Waals surface area contributed by atoms with Crippen molar-refractivity contribution in [3.63, 3.8) is 0 Å². The third kappa shape index (κ3) is 4.45. The van der Waals surface area contributed by atoms with Gasteiger partial charge in [-0.1, -0.05) is 67.9 Å². The molecule has 7 heteroatoms. The van der Waals surface area contributed by atoms with E-state index in [0.717, 1.165) is 36.4 Å². The number of para-hydroxylation sites is 2. The molecule has 6 nitrogen and oxygen atoms in total. The van der Waals surface area contributed by atoms with Crippen molar-refractivity contribution in [1.82, 2.24) is 13.9 Å². The summed E-state index contributed by atoms with van der Waals surface area (Å²) in [6.45, 7) is 4.93. The number of nitrogens with zero attached hydrogens (tertiary/aromatic N) is 4. The minimum Gasteiger partial charge on any atom is -0.340 e. The zero-order valence-corrected chi connectivity index (χ0v) is 20.3. The topological polar surface area (TPSA) is 58.4 Å². The van der Waals surface area contributed by atoms with E-state index in [0.29, 0.717) is 31.1 Å². The summed E-state index contributed by atoms with van der Waals surface area (Å²) in [5.41, 5.74) is 4.42. The molecule has 0 spiro atoms. The van der Waals surface area contributed by atoms with Gasteiger partial charge in [0.05, 0.1) is 22.5 Å². The second kappa shape index (κ2) is 9.60. The normalized spacial score (nSPS) is 15.1. The number of piperazine rings is 1. The van der Waals surface area contributed by atoms with Crippen molar-refractivity contribution < 1.29 is 8.42 Å². The third-order valence-electron chi connectivity index (χ3n) is 6.44. The Balaban J connectivity index is 1.36. The Hall–Kier alpha value is -3.16. The Morgan fingerprint density at radius 2 is 1.47 bits per heavy atom. The largest absolute Gasteiger partial charge is 0.340 e. The fraction of sp³-hybridized carbons (Fsp3) is 0.296. The number of benzene rings is 3. The first-order chi connectivity index (χ1) is 16.6. The number of anilines is 1. The van der Waals surface area contributed by atoms with Gasteiger partial charge in [-0.2, -0.15) is 4.31 Å². The van der Waals surface area contributed by atoms with Gasteiger partial charge in [-0.25, -0.2) is 13.4 Å². The molecule has 34 heavy (non-hydrogen) atoms. The fourth-order valence-electron chi connectivity index (χ4n) is 4.62. The average molecular weight is 475 g/mol. The van der Waals surface area contributed by atoms with Crippen LogP contribution in [-0.2, 0) is 23.0 Å². The van der Waals surface area contributed by atoms with Crippen LogP contribution in [0.1, 0.15) is 24.5 Å². The lowest BCUT2D eigenvalue weighted by atomic mass is 10.1. The summed E-state index contributed by atoms with van der Waals surface area (Å²) in [4.78, 5) is 7.51. The minimum absolute atomic E-state index is 0.372. The number of hydrogen-bond acceptors (Lipinski definition) is 4. The highest BCUT2D eigenvalue weighted by atomic mass is 32.2. The van der Waals surface area contributed by atoms with Gasteiger partial charge < -0.3 is 9.47 Å². The highest BCUT2D eigenvalue weighted by Gasteiger charge is 2.30. The molecule has 3 aromatic carbocycles. The van der Waals surface area contributed by atoms with Gasteiger partial charge in [-0.05, 0) is 41.8 Å². The maximum absolute atomic E-state index is 13.2. The van der Waals surface area contributed by atoms with Gasteiger partial charge >= 0.3 is 0 Å². The highest BCUT2D eigenvalue weighted by Crippen LogP contribution is 2.26. The standard InChI is InChI=1S/C27H30N4O2S/c1-2-8-22-13-15-24(16-14-22)34(32,33)30-19-17-29(18-20-30)27-28-25-11-6-7-12-26(25)31(27)21-23-9-4-3-5-10-23/h3-7,9-16H,2,8,17-21H2,1H3. The maximum atomic E-state index is 13.2. The SMILES string of the molecule is CCCc1ccc(S(=O)(=O)N2CCN(c3nc4ccccc4n3Cc3ccccc3)CC2)cc1. The molecule has 1 aromatic heterocycles. The van der Waals surface area contributed by atoms with Crippen LogP contribution in [0.25, 0.3) is 11.0 Å². The van der Waals surface area contributed by atoms with Crippen molar-refractivity contribution in [1.29, 1.82) is 0 Å². The van der Waals surface area contributed by atoms with E-state index in [2.05, 4.69) is 34.6 Å². The number of sulfonamides is 1. The molecule has 0 unspecified atom stereocenters. The van der Waals surface area contributed by atoms with Crippen molar-refractivity contribution in [2.75, 3.05) is 31.1 Å². The summed E-state index contributed by atoms with van der Waals surface area (Å²) in [6.07, 6.45) is 2.01. The van der Waals surface area contributed by atoms with E-state index < -0.39 is 10.0 Å². The molecule has 1 aliphatic heterocycles. The molecule has 176 valence electrons. The van der Waals surface area contributed by atoms with Gasteiger partial charge in [0, 0.05) is 26.2 Å². The van der Waals surface area contributed by atoms with Gasteiger partial charge in [0.25, 0.3) is 0 Å². The first-order valence-corrected chi connectivity index (χ1v) is 13.3. The molecule has 4 aromatic rings. The van der Waals surface area contributed by atoms with Crippen LogP contribution in [-0.4, -0.2) is 48.5 Å². The van der Waals surface area contributed by atoms with Crippen LogP contribution < -0.4 is 4.90 Å². The van der Waals surface area contributed by atoms with Crippen LogP contribution in [0.3, 0.4) is 0 Å². The van der Waals surface area contributed by atoms with Gasteiger partial charge in [0.2, 0.25) is 16.0 Å². The first kappa shape index (κ1) is 22.6. The Morgan fingerprint density at radius 3 is 2.18 bits per heavy atom. The average Bonchev–Trinajstić information content (AvgIpc) is 3.24. The van der Waals surface area contributed by atoms with Crippen LogP contribution in [0.2, 0.25) is 0 Å². The monoisotopic (exact) mass is 474 g/mol. The molecule has 2 heterocycles. The molecule has 0 amide bonds. The molecule has 1 aliphatic rings. The van der Waals surface area contributed by atoms with E-state index in [-0.39, 0.29) is 0 Å². The second-order valence-electron chi connectivity index (χ2n) is 8.76. The molecule has 0 atom stereocenters. The molecular formula is C27H30N4O2S. The number of hydrogen-bond donors (Lipinski definition) is 0. The summed E-state index contributed by atoms with van der Waals surface area (Å²) >= 11 is 0. The first-order valence-electron chi connectivity index (χ1n) is 11.9. The van der Waals surface area contributed by atoms with Crippen LogP contribution in [0.4, 0.5) is 5.95 Å². The van der Waals surface area contributed by atoms with Crippen molar-refractivity contribution in [3.8, 4) is 0 Å². The molecule has 0 saturated carbocycles. The molecular weight excluding hydrogens is 444 g/mol. The van der Waals surface area contributed by atoms with Crippen molar-refractivity contribution in [2.45, 2.75) is 31.2 Å². The van der Waals surface area contributed by atoms with E-state index in [4.69, 9.17) is 4.98 Å². The smallest absolute Gasteiger partial charge is 0.243 e. The predicted octanol–water partition coefficient (Wildman–Crippen LogP) is 4.55. The summed E-state index contributed by atoms with van der Waals surface area (Å²) < 4.78 is 30.3. The summed E-state index contributed by atoms with van der Waals surface area (Å²) in [5.74, 6) is 0.894. The number of aryl methyl sites for hydroxylation is 1. The summed E-state index contributed by atoms with van der Waals surface area (Å²) in [7, 11) is -3.50. The van der Waals surface area contributed by atoms with E-state index in [9.17, 15) is 8.42 Å². The maximum Gasteiger partial charge on any atom is 0.243 e. The minimum atomic E-state index is -3.50. The number of aromatic nitrogens is 2. The molecule has 0 bridgehead atoms. The quantitative estimate of drug-likeness (QED) is 0.394. The van der Waals surface area contributed by atoms with Gasteiger partial charge in [0.1, 0.15) is 0 Å². The Bertz CT molecular complexity index is 1360. The van der Waals surface area contributed by atoms with Crippen molar-refractivity contribution >= 4 is 27.0 Å². The van der Waals surface area contributed by atoms with Crippen LogP contribution in [0, 0.1) is 0 Å². The van der Waals surface area contributed by atoms with E-state index in [1.165, 1.54) is 11.1 Å². The van der Waals surface area contributed by atoms with Crippen molar-refractivity contribution in [3.05, 3.63) is 90.0 Å². The molecule has 0 N–H and O–H groups in total. The Kier molecular flexibility index (Phi) is 6.39. The highest BCUT2D eigenvalue weighted by molar-refractivity contribution is 7.89. The van der Waals surface area contributed by atoms with Crippen LogP contribution in [0.5, 0.6) is 0 Å². The Labute approximate surface area is 201 Å². The lowest BCUT2D eigenvalue weighted by Gasteiger charge is -2.34. The summed E-state index contributed by atoms with van der Waals surface area (Å²) in [5, 5.41) is 0. The zero-order valence-electron chi connectivity index (χ0n) is 19.5. The number of rotatable bonds is 7. The number of fused-ring (bicyclic) bond motifs is 1. The molecule has 1 fully saturated rings. The van der Waals surface area contributed by atoms with Gasteiger partial charge in [-0.3, -0.25) is 0 Å². The predicted molar refractivity (Wildman–Crippen MR) is 137 cm³/mol.